The summed E-state index contributed by atoms with van der Waals surface area (Å²) in [5, 5.41) is 0.665. The lowest BCUT2D eigenvalue weighted by Gasteiger charge is -2.35. The fourth-order valence-electron chi connectivity index (χ4n) is 3.66. The molecule has 0 spiro atoms. The molecular weight excluding hydrogens is 308 g/mol. The Morgan fingerprint density at radius 3 is 2.70 bits per heavy atom. The highest BCUT2D eigenvalue weighted by molar-refractivity contribution is 6.30. The van der Waals surface area contributed by atoms with Gasteiger partial charge in [-0.2, -0.15) is 0 Å². The average molecular weight is 333 g/mol. The quantitative estimate of drug-likeness (QED) is 0.801. The van der Waals surface area contributed by atoms with Gasteiger partial charge in [0.25, 0.3) is 5.91 Å². The van der Waals surface area contributed by atoms with Gasteiger partial charge in [0.15, 0.2) is 0 Å². The van der Waals surface area contributed by atoms with Crippen molar-refractivity contribution < 1.29 is 4.79 Å². The molecule has 0 N–H and O–H groups in total. The highest BCUT2D eigenvalue weighted by Crippen LogP contribution is 2.35. The van der Waals surface area contributed by atoms with E-state index in [4.69, 9.17) is 11.6 Å². The molecule has 0 aromatic heterocycles. The summed E-state index contributed by atoms with van der Waals surface area (Å²) in [5.41, 5.74) is 1.93. The Kier molecular flexibility index (Phi) is 5.08. The van der Waals surface area contributed by atoms with E-state index < -0.39 is 0 Å². The van der Waals surface area contributed by atoms with Crippen molar-refractivity contribution in [2.24, 2.45) is 0 Å². The number of unbranched alkanes of at least 4 members (excludes halogenated alkanes) is 1. The minimum atomic E-state index is 0.102. The Labute approximate surface area is 143 Å². The van der Waals surface area contributed by atoms with Crippen LogP contribution in [0.15, 0.2) is 36.0 Å². The van der Waals surface area contributed by atoms with Gasteiger partial charge in [0.1, 0.15) is 0 Å². The molecule has 0 saturated carbocycles. The van der Waals surface area contributed by atoms with Crippen molar-refractivity contribution >= 4 is 17.5 Å². The number of rotatable bonds is 5. The Balaban J connectivity index is 1.84. The Hall–Kier alpha value is -1.32. The third-order valence-corrected chi connectivity index (χ3v) is 5.39. The first kappa shape index (κ1) is 16.5. The molecule has 2 aliphatic rings. The molecule has 1 aromatic carbocycles. The number of hydrogen-bond acceptors (Lipinski definition) is 2. The van der Waals surface area contributed by atoms with Crippen LogP contribution in [0.4, 0.5) is 0 Å². The molecule has 0 aliphatic carbocycles. The van der Waals surface area contributed by atoms with Crippen molar-refractivity contribution in [2.75, 3.05) is 13.6 Å². The van der Waals surface area contributed by atoms with Crippen molar-refractivity contribution in [1.29, 1.82) is 0 Å². The van der Waals surface area contributed by atoms with Crippen LogP contribution >= 0.6 is 11.6 Å². The molecule has 2 heterocycles. The number of amides is 1. The predicted octanol–water partition coefficient (Wildman–Crippen LogP) is 4.33. The molecular formula is C19H25ClN2O. The number of likely N-dealkylation sites (N-methyl/N-ethyl adjacent to an activating group) is 1. The molecule has 1 aromatic rings. The van der Waals surface area contributed by atoms with Gasteiger partial charge in [0.05, 0.1) is 0 Å². The van der Waals surface area contributed by atoms with Crippen LogP contribution in [0.3, 0.4) is 0 Å². The summed E-state index contributed by atoms with van der Waals surface area (Å²) in [6, 6.07) is 8.31. The topological polar surface area (TPSA) is 23.6 Å². The number of halogens is 1. The van der Waals surface area contributed by atoms with E-state index in [-0.39, 0.29) is 5.91 Å². The molecule has 2 aliphatic heterocycles. The second-order valence-corrected chi connectivity index (χ2v) is 7.08. The smallest absolute Gasteiger partial charge is 0.258 e. The van der Waals surface area contributed by atoms with Gasteiger partial charge in [-0.05, 0) is 56.7 Å². The first-order valence-corrected chi connectivity index (χ1v) is 8.98. The van der Waals surface area contributed by atoms with Gasteiger partial charge in [-0.25, -0.2) is 0 Å². The summed E-state index contributed by atoms with van der Waals surface area (Å²) in [7, 11) is 2.20. The molecule has 1 saturated heterocycles. The third-order valence-electron chi connectivity index (χ3n) is 5.14. The summed E-state index contributed by atoms with van der Waals surface area (Å²) >= 11 is 5.95. The maximum absolute atomic E-state index is 13.0. The van der Waals surface area contributed by atoms with E-state index in [9.17, 15) is 4.79 Å². The Morgan fingerprint density at radius 1 is 1.30 bits per heavy atom. The van der Waals surface area contributed by atoms with Crippen LogP contribution in [-0.4, -0.2) is 41.4 Å². The van der Waals surface area contributed by atoms with E-state index in [2.05, 4.69) is 24.9 Å². The molecule has 4 heteroatoms. The van der Waals surface area contributed by atoms with E-state index in [1.165, 1.54) is 18.5 Å². The lowest BCUT2D eigenvalue weighted by atomic mass is 10.0. The van der Waals surface area contributed by atoms with Crippen molar-refractivity contribution in [3.05, 3.63) is 46.6 Å². The molecule has 1 amide bonds. The van der Waals surface area contributed by atoms with E-state index in [0.717, 1.165) is 31.4 Å². The lowest BCUT2D eigenvalue weighted by Crippen LogP contribution is -2.41. The largest absolute Gasteiger partial charge is 0.312 e. The van der Waals surface area contributed by atoms with Crippen LogP contribution in [0.25, 0.3) is 0 Å². The van der Waals surface area contributed by atoms with Crippen LogP contribution in [-0.2, 0) is 0 Å². The summed E-state index contributed by atoms with van der Waals surface area (Å²) in [4.78, 5) is 17.5. The Bertz CT molecular complexity index is 596. The standard InChI is InChI=1S/C19H25ClN2O/c1-3-4-11-22(19(23)14-5-7-15(20)8-6-14)18-12-16-9-10-17(13-18)21(16)2/h5-8,12,16-17H,3-4,9-11,13H2,1-2H3. The van der Waals surface area contributed by atoms with Crippen molar-refractivity contribution in [3.63, 3.8) is 0 Å². The number of hydrogen-bond donors (Lipinski definition) is 0. The molecule has 3 rings (SSSR count). The van der Waals surface area contributed by atoms with Crippen LogP contribution < -0.4 is 0 Å². The predicted molar refractivity (Wildman–Crippen MR) is 94.7 cm³/mol. The second kappa shape index (κ2) is 7.06. The minimum absolute atomic E-state index is 0.102. The molecule has 3 nitrogen and oxygen atoms in total. The van der Waals surface area contributed by atoms with Crippen LogP contribution in [0.2, 0.25) is 5.02 Å². The first-order chi connectivity index (χ1) is 11.1. The fraction of sp³-hybridized carbons (Fsp3) is 0.526. The molecule has 124 valence electrons. The SMILES string of the molecule is CCCCN(C(=O)c1ccc(Cl)cc1)C1=CC2CCC(C1)N2C. The summed E-state index contributed by atoms with van der Waals surface area (Å²) in [5.74, 6) is 0.102. The summed E-state index contributed by atoms with van der Waals surface area (Å²) < 4.78 is 0. The van der Waals surface area contributed by atoms with Crippen molar-refractivity contribution in [2.45, 2.75) is 51.1 Å². The number of carbonyl (C=O) groups excluding carboxylic acids is 1. The molecule has 1 fully saturated rings. The van der Waals surface area contributed by atoms with Crippen LogP contribution in [0.1, 0.15) is 49.4 Å². The maximum atomic E-state index is 13.0. The van der Waals surface area contributed by atoms with Crippen LogP contribution in [0.5, 0.6) is 0 Å². The fourth-order valence-corrected chi connectivity index (χ4v) is 3.79. The molecule has 23 heavy (non-hydrogen) atoms. The van der Waals surface area contributed by atoms with E-state index in [1.54, 1.807) is 12.1 Å². The van der Waals surface area contributed by atoms with Crippen molar-refractivity contribution in [3.8, 4) is 0 Å². The second-order valence-electron chi connectivity index (χ2n) is 6.64. The highest BCUT2D eigenvalue weighted by atomic mass is 35.5. The highest BCUT2D eigenvalue weighted by Gasteiger charge is 2.36. The maximum Gasteiger partial charge on any atom is 0.258 e. The van der Waals surface area contributed by atoms with E-state index in [0.29, 0.717) is 17.1 Å². The van der Waals surface area contributed by atoms with Crippen molar-refractivity contribution in [1.82, 2.24) is 9.80 Å². The van der Waals surface area contributed by atoms with Gasteiger partial charge < -0.3 is 4.90 Å². The molecule has 2 unspecified atom stereocenters. The minimum Gasteiger partial charge on any atom is -0.312 e. The summed E-state index contributed by atoms with van der Waals surface area (Å²) in [6.45, 7) is 2.96. The van der Waals surface area contributed by atoms with E-state index >= 15 is 0 Å². The van der Waals surface area contributed by atoms with Gasteiger partial charge in [0.2, 0.25) is 0 Å². The third kappa shape index (κ3) is 3.46. The van der Waals surface area contributed by atoms with Gasteiger partial charge in [-0.1, -0.05) is 24.9 Å². The summed E-state index contributed by atoms with van der Waals surface area (Å²) in [6.07, 6.45) is 7.86. The number of carbonyl (C=O) groups is 1. The zero-order valence-corrected chi connectivity index (χ0v) is 14.7. The normalized spacial score (nSPS) is 23.7. The molecule has 2 atom stereocenters. The van der Waals surface area contributed by atoms with E-state index in [1.807, 2.05) is 17.0 Å². The molecule has 0 radical (unpaired) electrons. The number of benzene rings is 1. The van der Waals surface area contributed by atoms with Gasteiger partial charge in [-0.3, -0.25) is 9.69 Å². The zero-order chi connectivity index (χ0) is 16.4. The molecule has 2 bridgehead atoms. The number of fused-ring (bicyclic) bond motifs is 2. The van der Waals surface area contributed by atoms with Gasteiger partial charge >= 0.3 is 0 Å². The first-order valence-electron chi connectivity index (χ1n) is 8.60. The number of nitrogens with zero attached hydrogens (tertiary/aromatic N) is 2. The van der Waals surface area contributed by atoms with Crippen LogP contribution in [0, 0.1) is 0 Å². The lowest BCUT2D eigenvalue weighted by molar-refractivity contribution is 0.0784. The van der Waals surface area contributed by atoms with Gasteiger partial charge in [-0.15, -0.1) is 0 Å². The monoisotopic (exact) mass is 332 g/mol. The zero-order valence-electron chi connectivity index (χ0n) is 14.0. The Morgan fingerprint density at radius 2 is 2.04 bits per heavy atom. The average Bonchev–Trinajstić information content (AvgIpc) is 2.76. The van der Waals surface area contributed by atoms with Gasteiger partial charge in [0, 0.05) is 41.3 Å².